The number of methoxy groups -OCH3 is 1. The zero-order valence-electron chi connectivity index (χ0n) is 15.4. The van der Waals surface area contributed by atoms with Gasteiger partial charge < -0.3 is 20.3 Å². The highest BCUT2D eigenvalue weighted by Crippen LogP contribution is 2.02. The molecule has 5 nitrogen and oxygen atoms in total. The molecule has 0 aromatic heterocycles. The highest BCUT2D eigenvalue weighted by molar-refractivity contribution is 14.0. The Labute approximate surface area is 164 Å². The van der Waals surface area contributed by atoms with Crippen LogP contribution < -0.4 is 10.6 Å². The van der Waals surface area contributed by atoms with Gasteiger partial charge in [0.2, 0.25) is 0 Å². The summed E-state index contributed by atoms with van der Waals surface area (Å²) < 4.78 is 5.14. The monoisotopic (exact) mass is 448 g/mol. The lowest BCUT2D eigenvalue weighted by atomic mass is 10.2. The molecule has 1 aromatic rings. The third kappa shape index (κ3) is 10.8. The van der Waals surface area contributed by atoms with Gasteiger partial charge in [-0.3, -0.25) is 4.99 Å². The quantitative estimate of drug-likeness (QED) is 0.250. The molecule has 1 unspecified atom stereocenters. The molecule has 24 heavy (non-hydrogen) atoms. The fraction of sp³-hybridized carbons (Fsp3) is 0.611. The molecular formula is C18H33IN4O. The number of halogens is 1. The van der Waals surface area contributed by atoms with E-state index in [-0.39, 0.29) is 30.0 Å². The molecule has 0 heterocycles. The minimum absolute atomic E-state index is 0. The van der Waals surface area contributed by atoms with Gasteiger partial charge in [-0.25, -0.2) is 0 Å². The van der Waals surface area contributed by atoms with Crippen molar-refractivity contribution in [3.8, 4) is 0 Å². The van der Waals surface area contributed by atoms with E-state index in [2.05, 4.69) is 71.8 Å². The zero-order valence-corrected chi connectivity index (χ0v) is 17.7. The summed E-state index contributed by atoms with van der Waals surface area (Å²) in [5, 5.41) is 6.62. The summed E-state index contributed by atoms with van der Waals surface area (Å²) in [5.74, 6) is 0.864. The van der Waals surface area contributed by atoms with Crippen molar-refractivity contribution in [3.05, 3.63) is 35.9 Å². The maximum Gasteiger partial charge on any atom is 0.191 e. The predicted molar refractivity (Wildman–Crippen MR) is 113 cm³/mol. The summed E-state index contributed by atoms with van der Waals surface area (Å²) in [7, 11) is 3.87. The van der Waals surface area contributed by atoms with Gasteiger partial charge in [0.25, 0.3) is 0 Å². The van der Waals surface area contributed by atoms with Crippen molar-refractivity contribution >= 4 is 29.9 Å². The third-order valence-electron chi connectivity index (χ3n) is 3.41. The Morgan fingerprint density at radius 3 is 2.62 bits per heavy atom. The van der Waals surface area contributed by atoms with E-state index in [0.717, 1.165) is 38.6 Å². The lowest BCUT2D eigenvalue weighted by Gasteiger charge is -2.18. The minimum atomic E-state index is 0. The number of aliphatic imine (C=N–C) groups is 1. The molecule has 0 saturated heterocycles. The van der Waals surface area contributed by atoms with Crippen LogP contribution in [0.15, 0.2) is 35.3 Å². The Bertz CT molecular complexity index is 442. The fourth-order valence-electron chi connectivity index (χ4n) is 2.35. The van der Waals surface area contributed by atoms with Crippen LogP contribution in [0, 0.1) is 0 Å². The van der Waals surface area contributed by atoms with Crippen molar-refractivity contribution in [3.63, 3.8) is 0 Å². The summed E-state index contributed by atoms with van der Waals surface area (Å²) in [6, 6.07) is 10.8. The maximum absolute atomic E-state index is 5.14. The number of nitrogens with zero attached hydrogens (tertiary/aromatic N) is 2. The number of benzene rings is 1. The van der Waals surface area contributed by atoms with E-state index in [1.807, 2.05) is 0 Å². The first kappa shape index (κ1) is 23.1. The number of hydrogen-bond acceptors (Lipinski definition) is 3. The molecule has 0 spiro atoms. The normalized spacial score (nSPS) is 12.6. The van der Waals surface area contributed by atoms with Crippen molar-refractivity contribution in [1.82, 2.24) is 15.5 Å². The van der Waals surface area contributed by atoms with Gasteiger partial charge >= 0.3 is 0 Å². The Morgan fingerprint density at radius 2 is 2.00 bits per heavy atom. The Kier molecular flexibility index (Phi) is 14.0. The molecule has 1 rings (SSSR count). The average Bonchev–Trinajstić information content (AvgIpc) is 2.53. The fourth-order valence-corrected chi connectivity index (χ4v) is 2.35. The summed E-state index contributed by atoms with van der Waals surface area (Å²) >= 11 is 0. The third-order valence-corrected chi connectivity index (χ3v) is 3.41. The van der Waals surface area contributed by atoms with E-state index in [0.29, 0.717) is 6.61 Å². The minimum Gasteiger partial charge on any atom is -0.383 e. The second-order valence-electron chi connectivity index (χ2n) is 5.84. The van der Waals surface area contributed by atoms with Gasteiger partial charge in [0.1, 0.15) is 0 Å². The molecule has 0 aliphatic carbocycles. The summed E-state index contributed by atoms with van der Waals surface area (Å²) in [4.78, 5) is 6.96. The predicted octanol–water partition coefficient (Wildman–Crippen LogP) is 2.72. The van der Waals surface area contributed by atoms with Gasteiger partial charge in [0.15, 0.2) is 5.96 Å². The first-order valence-electron chi connectivity index (χ1n) is 8.42. The van der Waals surface area contributed by atoms with Gasteiger partial charge in [-0.15, -0.1) is 24.0 Å². The molecule has 2 N–H and O–H groups in total. The number of guanidine groups is 1. The molecule has 1 aromatic carbocycles. The van der Waals surface area contributed by atoms with Crippen molar-refractivity contribution in [2.45, 2.75) is 32.9 Å². The molecular weight excluding hydrogens is 415 g/mol. The summed E-state index contributed by atoms with van der Waals surface area (Å²) in [6.07, 6.45) is 1.04. The van der Waals surface area contributed by atoms with Crippen molar-refractivity contribution in [2.75, 3.05) is 40.4 Å². The molecule has 1 atom stereocenters. The summed E-state index contributed by atoms with van der Waals surface area (Å²) in [5.41, 5.74) is 1.35. The topological polar surface area (TPSA) is 48.9 Å². The number of rotatable bonds is 10. The van der Waals surface area contributed by atoms with E-state index in [9.17, 15) is 0 Å². The Hall–Kier alpha value is -0.860. The van der Waals surface area contributed by atoms with Crippen LogP contribution in [0.5, 0.6) is 0 Å². The van der Waals surface area contributed by atoms with Crippen LogP contribution in [0.1, 0.15) is 25.8 Å². The number of nitrogens with one attached hydrogen (secondary N) is 2. The van der Waals surface area contributed by atoms with Gasteiger partial charge in [0.05, 0.1) is 6.61 Å². The van der Waals surface area contributed by atoms with Crippen LogP contribution in [0.4, 0.5) is 0 Å². The van der Waals surface area contributed by atoms with Crippen LogP contribution in [-0.4, -0.2) is 57.3 Å². The Balaban J connectivity index is 0.00000529. The molecule has 0 amide bonds. The van der Waals surface area contributed by atoms with Crippen molar-refractivity contribution in [2.24, 2.45) is 4.99 Å². The second-order valence-corrected chi connectivity index (χ2v) is 5.84. The molecule has 138 valence electrons. The molecule has 0 saturated carbocycles. The Morgan fingerprint density at radius 1 is 1.29 bits per heavy atom. The second kappa shape index (κ2) is 14.5. The van der Waals surface area contributed by atoms with Gasteiger partial charge in [-0.1, -0.05) is 30.3 Å². The van der Waals surface area contributed by atoms with Crippen molar-refractivity contribution in [1.29, 1.82) is 0 Å². The standard InChI is InChI=1S/C18H32N4O.HI/c1-5-19-18(21-16(2)15-23-4)20-12-9-13-22(3)14-17-10-7-6-8-11-17;/h6-8,10-11,16H,5,9,12-15H2,1-4H3,(H2,19,20,21);1H. The van der Waals surface area contributed by atoms with Crippen LogP contribution in [-0.2, 0) is 11.3 Å². The van der Waals surface area contributed by atoms with Crippen LogP contribution in [0.3, 0.4) is 0 Å². The summed E-state index contributed by atoms with van der Waals surface area (Å²) in [6.45, 7) is 8.52. The molecule has 0 radical (unpaired) electrons. The lowest BCUT2D eigenvalue weighted by molar-refractivity contribution is 0.179. The number of hydrogen-bond donors (Lipinski definition) is 2. The van der Waals surface area contributed by atoms with Crippen LogP contribution in [0.2, 0.25) is 0 Å². The van der Waals surface area contributed by atoms with Gasteiger partial charge in [-0.05, 0) is 39.4 Å². The number of ether oxygens (including phenoxy) is 1. The first-order chi connectivity index (χ1) is 11.2. The largest absolute Gasteiger partial charge is 0.383 e. The van der Waals surface area contributed by atoms with E-state index in [4.69, 9.17) is 4.74 Å². The van der Waals surface area contributed by atoms with Crippen molar-refractivity contribution < 1.29 is 4.74 Å². The lowest BCUT2D eigenvalue weighted by Crippen LogP contribution is -2.44. The zero-order chi connectivity index (χ0) is 16.9. The van der Waals surface area contributed by atoms with E-state index in [1.54, 1.807) is 7.11 Å². The van der Waals surface area contributed by atoms with Crippen LogP contribution in [0.25, 0.3) is 0 Å². The van der Waals surface area contributed by atoms with Crippen LogP contribution >= 0.6 is 24.0 Å². The van der Waals surface area contributed by atoms with E-state index < -0.39 is 0 Å². The SMILES string of the molecule is CCNC(=NCCCN(C)Cc1ccccc1)NC(C)COC.I. The first-order valence-corrected chi connectivity index (χ1v) is 8.42. The molecule has 0 fully saturated rings. The van der Waals surface area contributed by atoms with Gasteiger partial charge in [-0.2, -0.15) is 0 Å². The highest BCUT2D eigenvalue weighted by Gasteiger charge is 2.04. The molecule has 0 aliphatic rings. The molecule has 0 aliphatic heterocycles. The maximum atomic E-state index is 5.14. The average molecular weight is 448 g/mol. The molecule has 6 heteroatoms. The van der Waals surface area contributed by atoms with Gasteiger partial charge in [0, 0.05) is 32.8 Å². The van der Waals surface area contributed by atoms with E-state index >= 15 is 0 Å². The molecule has 0 bridgehead atoms. The highest BCUT2D eigenvalue weighted by atomic mass is 127. The van der Waals surface area contributed by atoms with E-state index in [1.165, 1.54) is 5.56 Å². The smallest absolute Gasteiger partial charge is 0.191 e.